The molecule has 0 aromatic rings. The van der Waals surface area contributed by atoms with Gasteiger partial charge < -0.3 is 4.90 Å². The lowest BCUT2D eigenvalue weighted by molar-refractivity contribution is -1.92. The van der Waals surface area contributed by atoms with Crippen LogP contribution in [0.25, 0.3) is 0 Å². The summed E-state index contributed by atoms with van der Waals surface area (Å²) >= 11 is 0. The van der Waals surface area contributed by atoms with E-state index in [0.717, 1.165) is 0 Å². The molecule has 0 unspecified atom stereocenters. The first-order valence-corrected chi connectivity index (χ1v) is 5.30. The number of fused-ring (bicyclic) bond motifs is 1. The van der Waals surface area contributed by atoms with Crippen molar-refractivity contribution in [3.8, 4) is 0 Å². The van der Waals surface area contributed by atoms with E-state index in [2.05, 4.69) is 11.0 Å². The monoisotopic (exact) mass is 209 g/mol. The zero-order chi connectivity index (χ0) is 9.90. The fourth-order valence-electron chi connectivity index (χ4n) is 1.63. The molecular weight excluding hydrogens is 198 g/mol. The average Bonchev–Trinajstić information content (AvgIpc) is 2.36. The molecule has 2 aliphatic rings. The van der Waals surface area contributed by atoms with Crippen molar-refractivity contribution < 1.29 is 28.9 Å². The summed E-state index contributed by atoms with van der Waals surface area (Å²) < 4.78 is 32.7. The minimum absolute atomic E-state index is 1.30. The molecule has 0 spiro atoms. The molecule has 0 aromatic carbocycles. The van der Waals surface area contributed by atoms with Crippen molar-refractivity contribution in [2.75, 3.05) is 13.1 Å². The number of hydrogen-bond acceptors (Lipinski definition) is 5. The van der Waals surface area contributed by atoms with Gasteiger partial charge in [-0.3, -0.25) is 0 Å². The third-order valence-electron chi connectivity index (χ3n) is 2.05. The summed E-state index contributed by atoms with van der Waals surface area (Å²) in [5.74, 6) is 0. The number of rotatable bonds is 0. The van der Waals surface area contributed by atoms with E-state index in [1.54, 1.807) is 5.70 Å². The van der Waals surface area contributed by atoms with Gasteiger partial charge in [-0.25, -0.2) is 0 Å². The van der Waals surface area contributed by atoms with E-state index in [0.29, 0.717) is 0 Å². The van der Waals surface area contributed by atoms with Crippen molar-refractivity contribution in [2.24, 2.45) is 0 Å². The minimum Gasteiger partial charge on any atom is -0.375 e. The van der Waals surface area contributed by atoms with Crippen LogP contribution in [-0.4, -0.2) is 22.6 Å². The number of halogens is 1. The zero-order valence-electron chi connectivity index (χ0n) is 7.11. The molecule has 1 N–H and O–H groups in total. The molecule has 0 aromatic heterocycles. The number of nitrogens with zero attached hydrogens (tertiary/aromatic N) is 1. The van der Waals surface area contributed by atoms with Crippen LogP contribution in [0.5, 0.6) is 0 Å². The van der Waals surface area contributed by atoms with Gasteiger partial charge in [-0.1, -0.05) is 6.08 Å². The Bertz CT molecular complexity index is 195. The first-order chi connectivity index (χ1) is 5.97. The molecule has 0 atom stereocenters. The van der Waals surface area contributed by atoms with Gasteiger partial charge in [0.2, 0.25) is 0 Å². The molecule has 13 heavy (non-hydrogen) atoms. The molecule has 0 aliphatic carbocycles. The molecular formula is C7H12ClNO4. The van der Waals surface area contributed by atoms with Gasteiger partial charge in [0.15, 0.2) is 0 Å². The van der Waals surface area contributed by atoms with Gasteiger partial charge in [0.05, 0.1) is 14.9 Å². The van der Waals surface area contributed by atoms with Crippen LogP contribution in [0.2, 0.25) is 0 Å². The summed E-state index contributed by atoms with van der Waals surface area (Å²) in [5.41, 5.74) is 1.62. The largest absolute Gasteiger partial charge is 0.375 e. The smallest absolute Gasteiger partial charge is 0.0777 e. The highest BCUT2D eigenvalue weighted by Gasteiger charge is 2.19. The molecule has 5 nitrogen and oxygen atoms in total. The van der Waals surface area contributed by atoms with Crippen molar-refractivity contribution in [3.63, 3.8) is 0 Å². The lowest BCUT2D eigenvalue weighted by atomic mass is 10.3. The van der Waals surface area contributed by atoms with Crippen LogP contribution in [0.4, 0.5) is 0 Å². The summed E-state index contributed by atoms with van der Waals surface area (Å²) in [6.45, 7) is 2.63. The van der Waals surface area contributed by atoms with Crippen LogP contribution in [-0.2, 0) is 0 Å². The van der Waals surface area contributed by atoms with Crippen molar-refractivity contribution in [3.05, 3.63) is 11.8 Å². The van der Waals surface area contributed by atoms with Crippen LogP contribution >= 0.6 is 0 Å². The lowest BCUT2D eigenvalue weighted by Crippen LogP contribution is -2.58. The van der Waals surface area contributed by atoms with E-state index in [4.69, 9.17) is 18.6 Å². The molecule has 1 saturated heterocycles. The Kier molecular flexibility index (Phi) is 3.52. The zero-order valence-corrected chi connectivity index (χ0v) is 7.87. The topological polar surface area (TPSA) is 92.7 Å². The van der Waals surface area contributed by atoms with Crippen LogP contribution in [0.3, 0.4) is 0 Å². The predicted octanol–water partition coefficient (Wildman–Crippen LogP) is -2.75. The molecule has 2 heterocycles. The maximum absolute atomic E-state index is 8.60. The van der Waals surface area contributed by atoms with E-state index in [9.17, 15) is 0 Å². The number of allylic oxidation sites excluding steroid dienone is 1. The van der Waals surface area contributed by atoms with Crippen LogP contribution in [0, 0.1) is 10.2 Å². The summed E-state index contributed by atoms with van der Waals surface area (Å²) in [5, 5.41) is 0. The third-order valence-corrected chi connectivity index (χ3v) is 2.05. The SMILES string of the molecule is C1=C2CCCN2CC1.[O-][Cl+3]([O-])([O-])O. The van der Waals surface area contributed by atoms with Gasteiger partial charge >= 0.3 is 0 Å². The van der Waals surface area contributed by atoms with Crippen LogP contribution < -0.4 is 14.0 Å². The molecule has 6 heteroatoms. The normalized spacial score (nSPS) is 20.6. The Hall–Kier alpha value is -0.330. The quantitative estimate of drug-likeness (QED) is 0.467. The summed E-state index contributed by atoms with van der Waals surface area (Å²) in [4.78, 5) is 2.50. The molecule has 0 saturated carbocycles. The predicted molar refractivity (Wildman–Crippen MR) is 35.7 cm³/mol. The summed E-state index contributed by atoms with van der Waals surface area (Å²) in [7, 11) is -4.69. The standard InChI is InChI=1S/C7H11N.ClHO4/c1-3-7-4-2-6-8(7)5-1;2-1(3,4)5/h3H,1-2,4-6H2;(H,2,3,4,5). The van der Waals surface area contributed by atoms with Gasteiger partial charge in [0.25, 0.3) is 0 Å². The van der Waals surface area contributed by atoms with E-state index in [1.165, 1.54) is 32.4 Å². The first-order valence-electron chi connectivity index (χ1n) is 4.04. The second-order valence-corrected chi connectivity index (χ2v) is 3.76. The fourth-order valence-corrected chi connectivity index (χ4v) is 1.63. The van der Waals surface area contributed by atoms with E-state index in [1.807, 2.05) is 0 Å². The molecule has 0 amide bonds. The van der Waals surface area contributed by atoms with Crippen LogP contribution in [0.15, 0.2) is 11.8 Å². The summed E-state index contributed by atoms with van der Waals surface area (Å²) in [6.07, 6.45) is 6.42. The Morgan fingerprint density at radius 1 is 1.31 bits per heavy atom. The Labute approximate surface area is 78.6 Å². The molecule has 0 bridgehead atoms. The van der Waals surface area contributed by atoms with Gasteiger partial charge in [0.1, 0.15) is 0 Å². The van der Waals surface area contributed by atoms with Gasteiger partial charge in [0, 0.05) is 18.8 Å². The van der Waals surface area contributed by atoms with Crippen molar-refractivity contribution in [1.82, 2.24) is 4.90 Å². The third kappa shape index (κ3) is 4.44. The molecule has 1 fully saturated rings. The Morgan fingerprint density at radius 3 is 2.46 bits per heavy atom. The van der Waals surface area contributed by atoms with Crippen molar-refractivity contribution in [2.45, 2.75) is 19.3 Å². The average molecular weight is 210 g/mol. The van der Waals surface area contributed by atoms with Gasteiger partial charge in [-0.15, -0.1) is 0 Å². The minimum atomic E-state index is -4.69. The van der Waals surface area contributed by atoms with Gasteiger partial charge in [-0.2, -0.15) is 14.0 Å². The molecule has 2 rings (SSSR count). The second kappa shape index (κ2) is 4.26. The van der Waals surface area contributed by atoms with E-state index < -0.39 is 10.2 Å². The second-order valence-electron chi connectivity index (χ2n) is 2.97. The van der Waals surface area contributed by atoms with E-state index in [-0.39, 0.29) is 0 Å². The molecule has 2 aliphatic heterocycles. The summed E-state index contributed by atoms with van der Waals surface area (Å²) in [6, 6.07) is 0. The highest BCUT2D eigenvalue weighted by atomic mass is 35.7. The lowest BCUT2D eigenvalue weighted by Gasteiger charge is -2.10. The number of hydrogen-bond donors (Lipinski definition) is 1. The van der Waals surface area contributed by atoms with Crippen LogP contribution in [0.1, 0.15) is 19.3 Å². The fraction of sp³-hybridized carbons (Fsp3) is 0.714. The van der Waals surface area contributed by atoms with Crippen molar-refractivity contribution >= 4 is 0 Å². The maximum atomic E-state index is 8.60. The van der Waals surface area contributed by atoms with E-state index >= 15 is 0 Å². The highest BCUT2D eigenvalue weighted by molar-refractivity contribution is 5.10. The van der Waals surface area contributed by atoms with Crippen molar-refractivity contribution in [1.29, 1.82) is 0 Å². The Morgan fingerprint density at radius 2 is 1.92 bits per heavy atom. The molecule has 76 valence electrons. The maximum Gasteiger partial charge on any atom is 0.0777 e. The molecule has 0 radical (unpaired) electrons. The highest BCUT2D eigenvalue weighted by Crippen LogP contribution is 2.25. The first kappa shape index (κ1) is 10.7. The van der Waals surface area contributed by atoms with Gasteiger partial charge in [-0.05, 0) is 19.3 Å². The Balaban J connectivity index is 0.000000149.